The van der Waals surface area contributed by atoms with E-state index in [0.717, 1.165) is 21.3 Å². The molecule has 0 aromatic heterocycles. The molecule has 22 heavy (non-hydrogen) atoms. The monoisotopic (exact) mass is 342 g/mol. The van der Waals surface area contributed by atoms with Gasteiger partial charge in [-0.1, -0.05) is 36.4 Å². The molecule has 1 aromatic rings. The summed E-state index contributed by atoms with van der Waals surface area (Å²) in [4.78, 5) is 12.4. The van der Waals surface area contributed by atoms with Gasteiger partial charge in [0.1, 0.15) is 11.9 Å². The number of halogens is 2. The number of amides is 1. The molecule has 1 fully saturated rings. The standard InChI is InChI=1S/C15H16ClFN2O2S/c1-5-11(4)21-15(10(2)3)19(16)18(14(20)22-15)13-9-7-6-8-12(13)17/h1,6-11H,2-4H3. The smallest absolute Gasteiger partial charge is 0.306 e. The molecule has 1 amide bonds. The summed E-state index contributed by atoms with van der Waals surface area (Å²) in [5, 5.41) is -0.574. The van der Waals surface area contributed by atoms with Gasteiger partial charge in [0.05, 0.1) is 5.69 Å². The van der Waals surface area contributed by atoms with Crippen molar-refractivity contribution in [3.8, 4) is 12.3 Å². The van der Waals surface area contributed by atoms with Gasteiger partial charge in [0, 0.05) is 17.7 Å². The van der Waals surface area contributed by atoms with Crippen LogP contribution in [0.5, 0.6) is 0 Å². The van der Waals surface area contributed by atoms with Crippen LogP contribution in [0.2, 0.25) is 0 Å². The van der Waals surface area contributed by atoms with Crippen LogP contribution in [-0.2, 0) is 4.74 Å². The molecule has 1 saturated heterocycles. The highest BCUT2D eigenvalue weighted by Crippen LogP contribution is 2.50. The number of hydrazine groups is 1. The molecule has 1 aliphatic heterocycles. The van der Waals surface area contributed by atoms with Gasteiger partial charge >= 0.3 is 5.24 Å². The first kappa shape index (κ1) is 17.1. The lowest BCUT2D eigenvalue weighted by Gasteiger charge is -2.38. The van der Waals surface area contributed by atoms with Gasteiger partial charge in [0.15, 0.2) is 0 Å². The van der Waals surface area contributed by atoms with E-state index in [-0.39, 0.29) is 11.6 Å². The first-order valence-corrected chi connectivity index (χ1v) is 7.86. The van der Waals surface area contributed by atoms with E-state index < -0.39 is 22.2 Å². The number of ether oxygens (including phenoxy) is 1. The lowest BCUT2D eigenvalue weighted by Crippen LogP contribution is -2.50. The second-order valence-electron chi connectivity index (χ2n) is 5.10. The molecule has 1 aromatic carbocycles. The van der Waals surface area contributed by atoms with Gasteiger partial charge in [-0.05, 0) is 30.8 Å². The van der Waals surface area contributed by atoms with Crippen LogP contribution in [0.1, 0.15) is 20.8 Å². The largest absolute Gasteiger partial charge is 0.332 e. The third-order valence-electron chi connectivity index (χ3n) is 3.23. The number of hydrogen-bond acceptors (Lipinski definition) is 4. The van der Waals surface area contributed by atoms with Gasteiger partial charge in [-0.2, -0.15) is 0 Å². The molecule has 2 unspecified atom stereocenters. The first-order chi connectivity index (χ1) is 10.3. The molecule has 1 aliphatic rings. The molecule has 2 atom stereocenters. The van der Waals surface area contributed by atoms with Crippen molar-refractivity contribution < 1.29 is 13.9 Å². The number of rotatable bonds is 4. The predicted octanol–water partition coefficient (Wildman–Crippen LogP) is 4.22. The molecule has 0 bridgehead atoms. The van der Waals surface area contributed by atoms with Crippen LogP contribution in [0.25, 0.3) is 0 Å². The maximum Gasteiger partial charge on any atom is 0.306 e. The lowest BCUT2D eigenvalue weighted by atomic mass is 10.2. The van der Waals surface area contributed by atoms with Crippen molar-refractivity contribution >= 4 is 34.5 Å². The summed E-state index contributed by atoms with van der Waals surface area (Å²) in [7, 11) is 0. The van der Waals surface area contributed by atoms with E-state index in [0.29, 0.717) is 0 Å². The Hall–Kier alpha value is -1.26. The molecule has 0 spiro atoms. The Morgan fingerprint density at radius 3 is 2.59 bits per heavy atom. The van der Waals surface area contributed by atoms with Crippen LogP contribution in [0.3, 0.4) is 0 Å². The quantitative estimate of drug-likeness (QED) is 0.606. The highest BCUT2D eigenvalue weighted by Gasteiger charge is 2.56. The molecule has 118 valence electrons. The van der Waals surface area contributed by atoms with Gasteiger partial charge in [-0.25, -0.2) is 9.40 Å². The summed E-state index contributed by atoms with van der Waals surface area (Å²) in [6, 6.07) is 5.90. The molecule has 0 aliphatic carbocycles. The van der Waals surface area contributed by atoms with Crippen molar-refractivity contribution in [2.45, 2.75) is 31.9 Å². The van der Waals surface area contributed by atoms with Crippen molar-refractivity contribution in [3.63, 3.8) is 0 Å². The number of nitrogens with zero attached hydrogens (tertiary/aromatic N) is 2. The summed E-state index contributed by atoms with van der Waals surface area (Å²) in [5.41, 5.74) is 0.0643. The summed E-state index contributed by atoms with van der Waals surface area (Å²) < 4.78 is 20.9. The summed E-state index contributed by atoms with van der Waals surface area (Å²) in [6.07, 6.45) is 4.80. The second-order valence-corrected chi connectivity index (χ2v) is 6.56. The van der Waals surface area contributed by atoms with E-state index in [2.05, 4.69) is 5.92 Å². The zero-order valence-corrected chi connectivity index (χ0v) is 14.0. The van der Waals surface area contributed by atoms with E-state index >= 15 is 0 Å². The average molecular weight is 343 g/mol. The van der Waals surface area contributed by atoms with Crippen LogP contribution < -0.4 is 5.01 Å². The normalized spacial score (nSPS) is 23.9. The zero-order valence-electron chi connectivity index (χ0n) is 12.4. The highest BCUT2D eigenvalue weighted by molar-refractivity contribution is 8.15. The van der Waals surface area contributed by atoms with Crippen molar-refractivity contribution in [2.24, 2.45) is 5.92 Å². The maximum atomic E-state index is 14.0. The fraction of sp³-hybridized carbons (Fsp3) is 0.400. The van der Waals surface area contributed by atoms with Crippen LogP contribution >= 0.6 is 23.5 Å². The highest BCUT2D eigenvalue weighted by atomic mass is 35.5. The van der Waals surface area contributed by atoms with Gasteiger partial charge in [-0.15, -0.1) is 6.42 Å². The number of terminal acetylenes is 1. The Kier molecular flexibility index (Phi) is 5.03. The Labute approximate surface area is 138 Å². The molecule has 0 saturated carbocycles. The van der Waals surface area contributed by atoms with E-state index in [1.807, 2.05) is 13.8 Å². The van der Waals surface area contributed by atoms with Gasteiger partial charge in [0.2, 0.25) is 5.06 Å². The first-order valence-electron chi connectivity index (χ1n) is 6.71. The van der Waals surface area contributed by atoms with E-state index in [4.69, 9.17) is 22.9 Å². The minimum atomic E-state index is -1.20. The zero-order chi connectivity index (χ0) is 16.5. The van der Waals surface area contributed by atoms with Crippen molar-refractivity contribution in [2.75, 3.05) is 5.01 Å². The third kappa shape index (κ3) is 2.82. The van der Waals surface area contributed by atoms with Crippen LogP contribution in [0.15, 0.2) is 24.3 Å². The Bertz CT molecular complexity index is 622. The molecule has 2 rings (SSSR count). The fourth-order valence-electron chi connectivity index (χ4n) is 2.06. The number of benzene rings is 1. The van der Waals surface area contributed by atoms with E-state index in [1.54, 1.807) is 13.0 Å². The van der Waals surface area contributed by atoms with Crippen molar-refractivity contribution in [3.05, 3.63) is 30.1 Å². The van der Waals surface area contributed by atoms with E-state index in [9.17, 15) is 9.18 Å². The van der Waals surface area contributed by atoms with Gasteiger partial charge in [-0.3, -0.25) is 4.79 Å². The molecule has 1 heterocycles. The fourth-order valence-corrected chi connectivity index (χ4v) is 3.69. The molecular formula is C15H16ClFN2O2S. The second kappa shape index (κ2) is 6.47. The Balaban J connectivity index is 2.44. The van der Waals surface area contributed by atoms with Gasteiger partial charge < -0.3 is 4.74 Å². The van der Waals surface area contributed by atoms with Gasteiger partial charge in [0.25, 0.3) is 0 Å². The Morgan fingerprint density at radius 1 is 1.41 bits per heavy atom. The molecule has 4 nitrogen and oxygen atoms in total. The molecular weight excluding hydrogens is 327 g/mol. The third-order valence-corrected chi connectivity index (χ3v) is 5.11. The van der Waals surface area contributed by atoms with Crippen LogP contribution in [-0.4, -0.2) is 20.9 Å². The molecule has 0 radical (unpaired) electrons. The number of carbonyl (C=O) groups excluding carboxylic acids is 1. The van der Waals surface area contributed by atoms with Crippen molar-refractivity contribution in [1.82, 2.24) is 4.53 Å². The minimum Gasteiger partial charge on any atom is -0.332 e. The SMILES string of the molecule is C#CC(C)OC1(C(C)C)SC(=O)N(c2ccccc2F)N1Cl. The number of para-hydroxylation sites is 1. The summed E-state index contributed by atoms with van der Waals surface area (Å²) in [5.74, 6) is 1.72. The average Bonchev–Trinajstić information content (AvgIpc) is 2.72. The van der Waals surface area contributed by atoms with Crippen molar-refractivity contribution in [1.29, 1.82) is 0 Å². The number of anilines is 1. The Morgan fingerprint density at radius 2 is 2.05 bits per heavy atom. The summed E-state index contributed by atoms with van der Waals surface area (Å²) in [6.45, 7) is 5.39. The lowest BCUT2D eigenvalue weighted by molar-refractivity contribution is -0.0903. The summed E-state index contributed by atoms with van der Waals surface area (Å²) >= 11 is 7.24. The van der Waals surface area contributed by atoms with Crippen LogP contribution in [0, 0.1) is 24.1 Å². The number of thioether (sulfide) groups is 1. The topological polar surface area (TPSA) is 32.8 Å². The van der Waals surface area contributed by atoms with E-state index in [1.165, 1.54) is 18.2 Å². The predicted molar refractivity (Wildman–Crippen MR) is 86.5 cm³/mol. The molecule has 0 N–H and O–H groups in total. The maximum absolute atomic E-state index is 14.0. The number of carbonyl (C=O) groups is 1. The molecule has 7 heteroatoms. The number of hydrogen-bond donors (Lipinski definition) is 0. The van der Waals surface area contributed by atoms with Crippen LogP contribution in [0.4, 0.5) is 14.9 Å². The minimum absolute atomic E-state index is 0.0643.